The first kappa shape index (κ1) is 15.3. The maximum Gasteiger partial charge on any atom is 0.241 e. The predicted octanol–water partition coefficient (Wildman–Crippen LogP) is 3.04. The number of rotatable bonds is 4. The van der Waals surface area contributed by atoms with Crippen molar-refractivity contribution >= 4 is 10.0 Å². The number of hydrogen-bond donors (Lipinski definition) is 1. The van der Waals surface area contributed by atoms with Crippen LogP contribution in [0.2, 0.25) is 0 Å². The minimum atomic E-state index is -3.62. The molecule has 0 unspecified atom stereocenters. The van der Waals surface area contributed by atoms with Crippen LogP contribution in [0.5, 0.6) is 0 Å². The lowest BCUT2D eigenvalue weighted by Gasteiger charge is -2.19. The maximum absolute atomic E-state index is 12.2. The van der Waals surface area contributed by atoms with Crippen LogP contribution in [0.3, 0.4) is 0 Å². The second-order valence-corrected chi connectivity index (χ2v) is 6.95. The van der Waals surface area contributed by atoms with Crippen LogP contribution in [-0.4, -0.2) is 14.0 Å². The van der Waals surface area contributed by atoms with Crippen molar-refractivity contribution in [1.82, 2.24) is 4.72 Å². The fourth-order valence-corrected chi connectivity index (χ4v) is 3.22. The average Bonchev–Trinajstić information content (AvgIpc) is 2.47. The Morgan fingerprint density at radius 1 is 0.952 bits per heavy atom. The minimum Gasteiger partial charge on any atom is -0.207 e. The molecule has 4 heteroatoms. The Bertz CT molecular complexity index is 755. The Labute approximate surface area is 126 Å². The van der Waals surface area contributed by atoms with Crippen LogP contribution in [0.15, 0.2) is 59.5 Å². The third kappa shape index (κ3) is 3.72. The summed E-state index contributed by atoms with van der Waals surface area (Å²) in [5.74, 6) is 2.41. The van der Waals surface area contributed by atoms with Gasteiger partial charge >= 0.3 is 0 Å². The fraction of sp³-hybridized carbons (Fsp3) is 0.176. The molecule has 0 radical (unpaired) electrons. The summed E-state index contributed by atoms with van der Waals surface area (Å²) < 4.78 is 27.0. The third-order valence-electron chi connectivity index (χ3n) is 3.02. The van der Waals surface area contributed by atoms with Gasteiger partial charge in [0.05, 0.1) is 10.4 Å². The standard InChI is InChI=1S/C17H17NO2S/c1-4-17(2,3)18-21(19,20)16-12-10-15(11-13-16)14-8-6-5-7-9-14/h1,5-13,18H,2-3H3. The summed E-state index contributed by atoms with van der Waals surface area (Å²) in [6, 6.07) is 16.5. The molecule has 108 valence electrons. The fourth-order valence-electron chi connectivity index (χ4n) is 1.88. The molecule has 0 saturated carbocycles. The molecule has 0 saturated heterocycles. The Hall–Kier alpha value is -2.09. The highest BCUT2D eigenvalue weighted by Gasteiger charge is 2.23. The van der Waals surface area contributed by atoms with Crippen LogP contribution >= 0.6 is 0 Å². The average molecular weight is 299 g/mol. The molecule has 0 aromatic heterocycles. The van der Waals surface area contributed by atoms with Gasteiger partial charge in [0.25, 0.3) is 0 Å². The van der Waals surface area contributed by atoms with E-state index in [4.69, 9.17) is 6.42 Å². The van der Waals surface area contributed by atoms with Crippen molar-refractivity contribution < 1.29 is 8.42 Å². The van der Waals surface area contributed by atoms with Crippen molar-refractivity contribution in [3.63, 3.8) is 0 Å². The Morgan fingerprint density at radius 3 is 2.00 bits per heavy atom. The Morgan fingerprint density at radius 2 is 1.48 bits per heavy atom. The van der Waals surface area contributed by atoms with Crippen molar-refractivity contribution in [1.29, 1.82) is 0 Å². The number of benzene rings is 2. The number of hydrogen-bond acceptors (Lipinski definition) is 2. The smallest absolute Gasteiger partial charge is 0.207 e. The second-order valence-electron chi connectivity index (χ2n) is 5.27. The molecule has 0 atom stereocenters. The molecule has 0 fully saturated rings. The zero-order valence-electron chi connectivity index (χ0n) is 12.0. The molecule has 0 aliphatic rings. The number of nitrogens with one attached hydrogen (secondary N) is 1. The van der Waals surface area contributed by atoms with Crippen LogP contribution < -0.4 is 4.72 Å². The molecule has 0 heterocycles. The molecule has 0 aliphatic heterocycles. The molecule has 0 amide bonds. The van der Waals surface area contributed by atoms with Crippen LogP contribution in [0.1, 0.15) is 13.8 Å². The van der Waals surface area contributed by atoms with Gasteiger partial charge in [0.1, 0.15) is 0 Å². The molecular formula is C17H17NO2S. The quantitative estimate of drug-likeness (QED) is 0.882. The topological polar surface area (TPSA) is 46.2 Å². The summed E-state index contributed by atoms with van der Waals surface area (Å²) in [6.07, 6.45) is 5.31. The molecule has 0 aliphatic carbocycles. The van der Waals surface area contributed by atoms with E-state index in [2.05, 4.69) is 10.6 Å². The maximum atomic E-state index is 12.2. The summed E-state index contributed by atoms with van der Waals surface area (Å²) in [4.78, 5) is 0.200. The van der Waals surface area contributed by atoms with Crippen molar-refractivity contribution in [3.8, 4) is 23.5 Å². The van der Waals surface area contributed by atoms with Crippen LogP contribution in [0.25, 0.3) is 11.1 Å². The summed E-state index contributed by atoms with van der Waals surface area (Å²) in [5, 5.41) is 0. The van der Waals surface area contributed by atoms with E-state index in [1.807, 2.05) is 30.3 Å². The molecular weight excluding hydrogens is 282 g/mol. The lowest BCUT2D eigenvalue weighted by atomic mass is 10.1. The SMILES string of the molecule is C#CC(C)(C)NS(=O)(=O)c1ccc(-c2ccccc2)cc1. The van der Waals surface area contributed by atoms with Gasteiger partial charge in [-0.15, -0.1) is 6.42 Å². The van der Waals surface area contributed by atoms with Crippen LogP contribution in [0.4, 0.5) is 0 Å². The van der Waals surface area contributed by atoms with E-state index in [-0.39, 0.29) is 4.90 Å². The first-order valence-corrected chi connectivity index (χ1v) is 8.00. The Balaban J connectivity index is 2.30. The van der Waals surface area contributed by atoms with Crippen molar-refractivity contribution in [2.75, 3.05) is 0 Å². The van der Waals surface area contributed by atoms with Crippen molar-refractivity contribution in [2.45, 2.75) is 24.3 Å². The van der Waals surface area contributed by atoms with Gasteiger partial charge in [-0.2, -0.15) is 4.72 Å². The summed E-state index contributed by atoms with van der Waals surface area (Å²) in [7, 11) is -3.62. The van der Waals surface area contributed by atoms with Gasteiger partial charge in [-0.25, -0.2) is 8.42 Å². The second kappa shape index (κ2) is 5.72. The van der Waals surface area contributed by atoms with Crippen LogP contribution in [0, 0.1) is 12.3 Å². The largest absolute Gasteiger partial charge is 0.241 e. The molecule has 1 N–H and O–H groups in total. The zero-order chi connectivity index (χ0) is 15.5. The third-order valence-corrected chi connectivity index (χ3v) is 4.69. The summed E-state index contributed by atoms with van der Waals surface area (Å²) in [6.45, 7) is 3.28. The van der Waals surface area contributed by atoms with Gasteiger partial charge < -0.3 is 0 Å². The van der Waals surface area contributed by atoms with Gasteiger partial charge in [-0.1, -0.05) is 48.4 Å². The lowest BCUT2D eigenvalue weighted by Crippen LogP contribution is -2.41. The van der Waals surface area contributed by atoms with E-state index in [9.17, 15) is 8.42 Å². The molecule has 2 rings (SSSR count). The van der Waals surface area contributed by atoms with Crippen molar-refractivity contribution in [2.24, 2.45) is 0 Å². The van der Waals surface area contributed by atoms with Crippen LogP contribution in [-0.2, 0) is 10.0 Å². The molecule has 0 spiro atoms. The van der Waals surface area contributed by atoms with E-state index < -0.39 is 15.6 Å². The monoisotopic (exact) mass is 299 g/mol. The summed E-state index contributed by atoms with van der Waals surface area (Å²) in [5.41, 5.74) is 1.08. The summed E-state index contributed by atoms with van der Waals surface area (Å²) >= 11 is 0. The van der Waals surface area contributed by atoms with Gasteiger partial charge in [-0.05, 0) is 37.1 Å². The lowest BCUT2D eigenvalue weighted by molar-refractivity contribution is 0.539. The zero-order valence-corrected chi connectivity index (χ0v) is 12.8. The van der Waals surface area contributed by atoms with E-state index in [1.54, 1.807) is 38.1 Å². The van der Waals surface area contributed by atoms with E-state index in [0.717, 1.165) is 11.1 Å². The van der Waals surface area contributed by atoms with E-state index >= 15 is 0 Å². The Kier molecular flexibility index (Phi) is 4.17. The predicted molar refractivity (Wildman–Crippen MR) is 85.1 cm³/mol. The molecule has 2 aromatic carbocycles. The number of sulfonamides is 1. The van der Waals surface area contributed by atoms with E-state index in [0.29, 0.717) is 0 Å². The number of terminal acetylenes is 1. The molecule has 21 heavy (non-hydrogen) atoms. The normalized spacial score (nSPS) is 11.9. The van der Waals surface area contributed by atoms with E-state index in [1.165, 1.54) is 0 Å². The molecule has 3 nitrogen and oxygen atoms in total. The van der Waals surface area contributed by atoms with Gasteiger partial charge in [0.2, 0.25) is 10.0 Å². The highest BCUT2D eigenvalue weighted by atomic mass is 32.2. The van der Waals surface area contributed by atoms with Gasteiger partial charge in [0.15, 0.2) is 0 Å². The van der Waals surface area contributed by atoms with Gasteiger partial charge in [0, 0.05) is 0 Å². The van der Waals surface area contributed by atoms with Crippen molar-refractivity contribution in [3.05, 3.63) is 54.6 Å². The first-order chi connectivity index (χ1) is 9.84. The highest BCUT2D eigenvalue weighted by molar-refractivity contribution is 7.89. The minimum absolute atomic E-state index is 0.200. The molecule has 2 aromatic rings. The first-order valence-electron chi connectivity index (χ1n) is 6.51. The molecule has 0 bridgehead atoms. The highest BCUT2D eigenvalue weighted by Crippen LogP contribution is 2.21. The van der Waals surface area contributed by atoms with Gasteiger partial charge in [-0.3, -0.25) is 0 Å².